The van der Waals surface area contributed by atoms with Gasteiger partial charge in [-0.3, -0.25) is 0 Å². The largest absolute Gasteiger partial charge is 0.452 e. The van der Waals surface area contributed by atoms with E-state index in [0.717, 1.165) is 134 Å². The van der Waals surface area contributed by atoms with Gasteiger partial charge in [-0.1, -0.05) is 298 Å². The molecule has 0 amide bonds. The summed E-state index contributed by atoms with van der Waals surface area (Å²) in [5.74, 6) is 0. The molecule has 103 heavy (non-hydrogen) atoms. The molecule has 4 heterocycles. The molecule has 2 aliphatic rings. The smallest absolute Gasteiger partial charge is 0.252 e. The molecule has 0 saturated heterocycles. The first-order chi connectivity index (χ1) is 51.3. The first kappa shape index (κ1) is 59.8. The lowest BCUT2D eigenvalue weighted by molar-refractivity contribution is 0.569. The number of fused-ring (bicyclic) bond motifs is 10. The molecule has 2 aliphatic heterocycles. The molecule has 0 N–H and O–H groups in total. The van der Waals surface area contributed by atoms with Crippen LogP contribution >= 0.6 is 0 Å². The Morgan fingerprint density at radius 1 is 0.282 bits per heavy atom. The SMILES string of the molecule is [2H]c1c([2H])c([2H])c(-c2ccc3c(c2)N(c2cc(-c4ccccc4)cc(-c4ccccc4)c2)c2cc(-c4ccc(C(C)(C)C)cc4)cc4c2B3c2ccc(-c3cc(C(C)(C)C)cc(C(C)(C)C)c3)cc2N4c2cccc3c2oc2c(-n4c5ccc(C(C)(C)C)cc5c5cc(C(C)(C)C)ccc54)cccc23)c([2H])c1[2H]. The number of rotatable bonds is 8. The van der Waals surface area contributed by atoms with Crippen LogP contribution in [0, 0.1) is 0 Å². The second kappa shape index (κ2) is 23.9. The fraction of sp³-hybridized carbons (Fsp3) is 0.204. The molecule has 0 spiro atoms. The molecule has 0 bridgehead atoms. The molecular weight excluding hydrogens is 1250 g/mol. The average molecular weight is 1340 g/mol. The van der Waals surface area contributed by atoms with E-state index in [4.69, 9.17) is 8.53 Å². The van der Waals surface area contributed by atoms with Gasteiger partial charge < -0.3 is 18.8 Å². The quantitative estimate of drug-likeness (QED) is 0.142. The summed E-state index contributed by atoms with van der Waals surface area (Å²) in [4.78, 5) is 4.90. The molecule has 13 aromatic carbocycles. The summed E-state index contributed by atoms with van der Waals surface area (Å²) in [5, 5.41) is 4.41. The zero-order chi connectivity index (χ0) is 75.7. The van der Waals surface area contributed by atoms with Gasteiger partial charge in [0, 0.05) is 50.0 Å². The molecule has 2 aromatic heterocycles. The van der Waals surface area contributed by atoms with Gasteiger partial charge in [0.15, 0.2) is 11.2 Å². The van der Waals surface area contributed by atoms with Crippen LogP contribution in [0.5, 0.6) is 0 Å². The zero-order valence-electron chi connectivity index (χ0n) is 66.9. The molecule has 4 nitrogen and oxygen atoms in total. The number of aromatic nitrogens is 1. The lowest BCUT2D eigenvalue weighted by atomic mass is 9.33. The van der Waals surface area contributed by atoms with E-state index in [1.807, 2.05) is 6.07 Å². The van der Waals surface area contributed by atoms with Gasteiger partial charge in [-0.25, -0.2) is 0 Å². The minimum atomic E-state index is -0.433. The Bertz CT molecular complexity index is 6020. The summed E-state index contributed by atoms with van der Waals surface area (Å²) in [6.07, 6.45) is 0. The molecule has 5 heteroatoms. The first-order valence-electron chi connectivity index (χ1n) is 39.0. The number of anilines is 6. The summed E-state index contributed by atoms with van der Waals surface area (Å²) in [5.41, 5.74) is 28.1. The van der Waals surface area contributed by atoms with Gasteiger partial charge in [0.05, 0.1) is 29.3 Å². The molecular formula is C98H90BN3O. The summed E-state index contributed by atoms with van der Waals surface area (Å²) in [7, 11) is 0. The maximum absolute atomic E-state index is 9.52. The van der Waals surface area contributed by atoms with Gasteiger partial charge in [-0.15, -0.1) is 0 Å². The maximum Gasteiger partial charge on any atom is 0.252 e. The Hall–Kier alpha value is -10.9. The van der Waals surface area contributed by atoms with Gasteiger partial charge >= 0.3 is 0 Å². The monoisotopic (exact) mass is 1340 g/mol. The van der Waals surface area contributed by atoms with Crippen LogP contribution in [-0.2, 0) is 27.1 Å². The third-order valence-corrected chi connectivity index (χ3v) is 21.8. The van der Waals surface area contributed by atoms with Crippen molar-refractivity contribution in [3.05, 3.63) is 301 Å². The van der Waals surface area contributed by atoms with Crippen molar-refractivity contribution in [2.45, 2.75) is 131 Å². The van der Waals surface area contributed by atoms with E-state index in [0.29, 0.717) is 5.56 Å². The molecule has 0 aliphatic carbocycles. The number of hydrogen-bond acceptors (Lipinski definition) is 3. The van der Waals surface area contributed by atoms with E-state index in [1.165, 1.54) is 38.6 Å². The molecule has 0 fully saturated rings. The Morgan fingerprint density at radius 2 is 0.699 bits per heavy atom. The summed E-state index contributed by atoms with van der Waals surface area (Å²) in [6, 6.07) is 87.9. The van der Waals surface area contributed by atoms with Crippen molar-refractivity contribution in [3.8, 4) is 61.3 Å². The van der Waals surface area contributed by atoms with E-state index >= 15 is 0 Å². The van der Waals surface area contributed by atoms with E-state index in [-0.39, 0.29) is 56.8 Å². The second-order valence-electron chi connectivity index (χ2n) is 33.9. The third kappa shape index (κ3) is 11.3. The third-order valence-electron chi connectivity index (χ3n) is 21.8. The number of furan rings is 1. The van der Waals surface area contributed by atoms with Crippen LogP contribution in [0.4, 0.5) is 34.1 Å². The van der Waals surface area contributed by atoms with Crippen molar-refractivity contribution in [2.24, 2.45) is 0 Å². The van der Waals surface area contributed by atoms with E-state index in [2.05, 4.69) is 355 Å². The molecule has 506 valence electrons. The number of benzene rings is 13. The summed E-state index contributed by atoms with van der Waals surface area (Å²) < 4.78 is 56.2. The first-order valence-corrected chi connectivity index (χ1v) is 36.5. The van der Waals surface area contributed by atoms with Crippen molar-refractivity contribution in [2.75, 3.05) is 9.80 Å². The Labute approximate surface area is 616 Å². The van der Waals surface area contributed by atoms with Crippen molar-refractivity contribution in [3.63, 3.8) is 0 Å². The normalized spacial score (nSPS) is 14.0. The highest BCUT2D eigenvalue weighted by Gasteiger charge is 2.45. The van der Waals surface area contributed by atoms with Crippen molar-refractivity contribution in [1.29, 1.82) is 0 Å². The second-order valence-corrected chi connectivity index (χ2v) is 33.9. The highest BCUT2D eigenvalue weighted by molar-refractivity contribution is 7.00. The molecule has 0 saturated carbocycles. The van der Waals surface area contributed by atoms with E-state index < -0.39 is 12.8 Å². The highest BCUT2D eigenvalue weighted by atomic mass is 16.3. The number of para-hydroxylation sites is 2. The van der Waals surface area contributed by atoms with Gasteiger partial charge in [0.25, 0.3) is 6.71 Å². The average Bonchev–Trinajstić information content (AvgIpc) is 0.922. The minimum Gasteiger partial charge on any atom is -0.452 e. The van der Waals surface area contributed by atoms with Gasteiger partial charge in [0.1, 0.15) is 0 Å². The van der Waals surface area contributed by atoms with Crippen LogP contribution in [0.15, 0.2) is 277 Å². The maximum atomic E-state index is 9.52. The molecule has 0 atom stereocenters. The van der Waals surface area contributed by atoms with E-state index in [9.17, 15) is 2.74 Å². The summed E-state index contributed by atoms with van der Waals surface area (Å²) in [6.45, 7) is 33.9. The van der Waals surface area contributed by atoms with Crippen LogP contribution in [-0.4, -0.2) is 11.3 Å². The number of nitrogens with zero attached hydrogens (tertiary/aromatic N) is 3. The minimum absolute atomic E-state index is 0.0727. The molecule has 0 radical (unpaired) electrons. The van der Waals surface area contributed by atoms with Gasteiger partial charge in [0.2, 0.25) is 0 Å². The zero-order valence-corrected chi connectivity index (χ0v) is 61.9. The topological polar surface area (TPSA) is 24.6 Å². The lowest BCUT2D eigenvalue weighted by Crippen LogP contribution is -2.61. The van der Waals surface area contributed by atoms with Crippen LogP contribution in [0.3, 0.4) is 0 Å². The standard InChI is InChI=1S/C98H90BN3O/c1-94(2,3)71-41-37-64(38-42-71)70-56-89-91-90(57-70)102(86-36-26-34-78-77-33-25-35-85(92(77)103-93(78)86)101-83-47-43-72(95(4,5)6)59-79(83)80-60-73(96(7,8)9)44-48-84(80)101)88-55-66(69-50-74(97(10,11)12)58-75(51-69)98(13,14)15)40-46-82(88)99(91)81-45-39-65(61-27-19-16-20-28-61)54-87(81)100(89)76-52-67(62-29-21-17-22-30-62)49-68(53-76)63-31-23-18-24-32-63/h16-60H,1-15H3/i16D,19D,20D,27D,28D. The molecule has 17 rings (SSSR count). The predicted octanol–water partition coefficient (Wildman–Crippen LogP) is 25.6. The summed E-state index contributed by atoms with van der Waals surface area (Å²) >= 11 is 0. The van der Waals surface area contributed by atoms with Gasteiger partial charge in [-0.05, 0) is 206 Å². The van der Waals surface area contributed by atoms with Crippen LogP contribution in [0.2, 0.25) is 0 Å². The van der Waals surface area contributed by atoms with Gasteiger partial charge in [-0.2, -0.15) is 0 Å². The van der Waals surface area contributed by atoms with Crippen molar-refractivity contribution in [1.82, 2.24) is 4.57 Å². The molecule has 15 aromatic rings. The van der Waals surface area contributed by atoms with E-state index in [1.54, 1.807) is 0 Å². The lowest BCUT2D eigenvalue weighted by Gasteiger charge is -2.45. The Morgan fingerprint density at radius 3 is 1.21 bits per heavy atom. The number of hydrogen-bond donors (Lipinski definition) is 0. The highest BCUT2D eigenvalue weighted by Crippen LogP contribution is 2.52. The Balaban J connectivity index is 1.00. The fourth-order valence-electron chi connectivity index (χ4n) is 15.9. The van der Waals surface area contributed by atoms with Crippen molar-refractivity contribution < 1.29 is 11.3 Å². The van der Waals surface area contributed by atoms with Crippen molar-refractivity contribution >= 4 is 101 Å². The van der Waals surface area contributed by atoms with Crippen LogP contribution in [0.1, 0.15) is 139 Å². The molecule has 0 unspecified atom stereocenters. The van der Waals surface area contributed by atoms with Crippen LogP contribution < -0.4 is 26.2 Å². The fourth-order valence-corrected chi connectivity index (χ4v) is 15.9. The van der Waals surface area contributed by atoms with Crippen LogP contribution in [0.25, 0.3) is 105 Å². The predicted molar refractivity (Wildman–Crippen MR) is 443 cm³/mol. The Kier molecular flexibility index (Phi) is 13.8.